The van der Waals surface area contributed by atoms with Crippen molar-refractivity contribution >= 4 is 22.9 Å². The van der Waals surface area contributed by atoms with Crippen LogP contribution in [0.15, 0.2) is 53.2 Å². The molecule has 4 aromatic rings. The summed E-state index contributed by atoms with van der Waals surface area (Å²) in [5.74, 6) is 1.46. The summed E-state index contributed by atoms with van der Waals surface area (Å²) < 4.78 is 13.0. The molecule has 1 aliphatic rings. The van der Waals surface area contributed by atoms with Crippen molar-refractivity contribution < 1.29 is 14.3 Å². The van der Waals surface area contributed by atoms with Crippen LogP contribution in [0.4, 0.5) is 0 Å². The van der Waals surface area contributed by atoms with Gasteiger partial charge in [-0.1, -0.05) is 12.1 Å². The Kier molecular flexibility index (Phi) is 4.13. The van der Waals surface area contributed by atoms with E-state index >= 15 is 0 Å². The fourth-order valence-corrected chi connectivity index (χ4v) is 3.59. The predicted molar refractivity (Wildman–Crippen MR) is 102 cm³/mol. The second-order valence-electron chi connectivity index (χ2n) is 6.20. The van der Waals surface area contributed by atoms with Crippen molar-refractivity contribution in [3.05, 3.63) is 59.0 Å². The van der Waals surface area contributed by atoms with E-state index in [1.807, 2.05) is 47.2 Å². The number of amides is 1. The molecule has 0 spiro atoms. The molecule has 1 aliphatic heterocycles. The molecular weight excluding hydrogens is 378 g/mol. The second-order valence-corrected chi connectivity index (χ2v) is 6.98. The number of carbonyl (C=O) groups excluding carboxylic acids is 1. The fourth-order valence-electron chi connectivity index (χ4n) is 2.94. The zero-order valence-electron chi connectivity index (χ0n) is 14.6. The van der Waals surface area contributed by atoms with Crippen LogP contribution in [-0.2, 0) is 11.3 Å². The SMILES string of the molecule is O=C(NCc1nnc2ccc(-c3ccsc3)nn12)[C@@H]1COc2ccccc2O1. The van der Waals surface area contributed by atoms with Gasteiger partial charge in [0.1, 0.15) is 6.61 Å². The second kappa shape index (κ2) is 6.93. The first-order valence-electron chi connectivity index (χ1n) is 8.68. The van der Waals surface area contributed by atoms with Crippen molar-refractivity contribution in [3.63, 3.8) is 0 Å². The lowest BCUT2D eigenvalue weighted by atomic mass is 10.2. The number of aromatic nitrogens is 4. The smallest absolute Gasteiger partial charge is 0.265 e. The lowest BCUT2D eigenvalue weighted by Crippen LogP contribution is -2.43. The number of para-hydroxylation sites is 2. The maximum absolute atomic E-state index is 12.5. The van der Waals surface area contributed by atoms with Crippen molar-refractivity contribution in [1.82, 2.24) is 25.1 Å². The minimum Gasteiger partial charge on any atom is -0.485 e. The van der Waals surface area contributed by atoms with E-state index in [0.717, 1.165) is 11.3 Å². The van der Waals surface area contributed by atoms with Gasteiger partial charge in [-0.2, -0.15) is 21.0 Å². The van der Waals surface area contributed by atoms with Gasteiger partial charge in [0, 0.05) is 10.9 Å². The zero-order valence-corrected chi connectivity index (χ0v) is 15.4. The van der Waals surface area contributed by atoms with E-state index in [-0.39, 0.29) is 19.1 Å². The molecule has 140 valence electrons. The standard InChI is InChI=1S/C19H15N5O3S/c25-19(16-10-26-14-3-1-2-4-15(14)27-16)20-9-18-22-21-17-6-5-13(23-24(17)18)12-7-8-28-11-12/h1-8,11,16H,9-10H2,(H,20,25)/t16-/m0/s1. The van der Waals surface area contributed by atoms with Crippen molar-refractivity contribution in [2.45, 2.75) is 12.6 Å². The number of fused-ring (bicyclic) bond motifs is 2. The van der Waals surface area contributed by atoms with Gasteiger partial charge in [0.2, 0.25) is 6.10 Å². The molecule has 1 aromatic carbocycles. The van der Waals surface area contributed by atoms with Crippen molar-refractivity contribution in [1.29, 1.82) is 0 Å². The lowest BCUT2D eigenvalue weighted by molar-refractivity contribution is -0.130. The summed E-state index contributed by atoms with van der Waals surface area (Å²) in [5, 5.41) is 19.7. The average molecular weight is 393 g/mol. The number of hydrogen-bond acceptors (Lipinski definition) is 7. The van der Waals surface area contributed by atoms with Crippen LogP contribution in [0.25, 0.3) is 16.9 Å². The summed E-state index contributed by atoms with van der Waals surface area (Å²) in [5.41, 5.74) is 2.47. The Hall–Kier alpha value is -3.46. The minimum absolute atomic E-state index is 0.157. The Morgan fingerprint density at radius 1 is 1.18 bits per heavy atom. The van der Waals surface area contributed by atoms with E-state index < -0.39 is 6.10 Å². The molecule has 0 saturated carbocycles. The van der Waals surface area contributed by atoms with Gasteiger partial charge in [-0.25, -0.2) is 0 Å². The van der Waals surface area contributed by atoms with Gasteiger partial charge >= 0.3 is 0 Å². The third-order valence-electron chi connectivity index (χ3n) is 4.37. The van der Waals surface area contributed by atoms with E-state index in [1.54, 1.807) is 21.9 Å². The number of carbonyl (C=O) groups is 1. The predicted octanol–water partition coefficient (Wildman–Crippen LogP) is 2.31. The van der Waals surface area contributed by atoms with Crippen molar-refractivity contribution in [2.75, 3.05) is 6.61 Å². The molecule has 5 rings (SSSR count). The quantitative estimate of drug-likeness (QED) is 0.572. The molecule has 0 radical (unpaired) electrons. The van der Waals surface area contributed by atoms with Crippen LogP contribution in [0.2, 0.25) is 0 Å². The molecule has 4 heterocycles. The topological polar surface area (TPSA) is 90.6 Å². The highest BCUT2D eigenvalue weighted by Crippen LogP contribution is 2.30. The highest BCUT2D eigenvalue weighted by molar-refractivity contribution is 7.08. The first-order valence-corrected chi connectivity index (χ1v) is 9.62. The third-order valence-corrected chi connectivity index (χ3v) is 5.05. The molecular formula is C19H15N5O3S. The first kappa shape index (κ1) is 16.7. The highest BCUT2D eigenvalue weighted by Gasteiger charge is 2.27. The summed E-state index contributed by atoms with van der Waals surface area (Å²) in [7, 11) is 0. The molecule has 0 aliphatic carbocycles. The Morgan fingerprint density at radius 3 is 2.93 bits per heavy atom. The Balaban J connectivity index is 1.31. The van der Waals surface area contributed by atoms with Crippen LogP contribution in [-0.4, -0.2) is 38.4 Å². The van der Waals surface area contributed by atoms with Gasteiger partial charge in [-0.15, -0.1) is 10.2 Å². The van der Waals surface area contributed by atoms with Crippen LogP contribution in [0.1, 0.15) is 5.82 Å². The van der Waals surface area contributed by atoms with Gasteiger partial charge in [0.25, 0.3) is 5.91 Å². The maximum atomic E-state index is 12.5. The number of nitrogens with one attached hydrogen (secondary N) is 1. The van der Waals surface area contributed by atoms with E-state index in [1.165, 1.54) is 0 Å². The summed E-state index contributed by atoms with van der Waals surface area (Å²) in [6.07, 6.45) is -0.719. The summed E-state index contributed by atoms with van der Waals surface area (Å²) in [6, 6.07) is 13.0. The molecule has 1 atom stereocenters. The Bertz CT molecular complexity index is 1140. The molecule has 28 heavy (non-hydrogen) atoms. The molecule has 0 unspecified atom stereocenters. The first-order chi connectivity index (χ1) is 13.8. The van der Waals surface area contributed by atoms with Crippen LogP contribution >= 0.6 is 11.3 Å². The Morgan fingerprint density at radius 2 is 2.07 bits per heavy atom. The Labute approximate surface area is 163 Å². The number of thiophene rings is 1. The average Bonchev–Trinajstić information content (AvgIpc) is 3.41. The van der Waals surface area contributed by atoms with Crippen molar-refractivity contribution in [3.8, 4) is 22.8 Å². The summed E-state index contributed by atoms with van der Waals surface area (Å²) >= 11 is 1.61. The number of hydrogen-bond donors (Lipinski definition) is 1. The van der Waals surface area contributed by atoms with E-state index in [0.29, 0.717) is 23.0 Å². The molecule has 8 nitrogen and oxygen atoms in total. The number of nitrogens with zero attached hydrogens (tertiary/aromatic N) is 4. The van der Waals surface area contributed by atoms with Crippen molar-refractivity contribution in [2.24, 2.45) is 0 Å². The molecule has 0 bridgehead atoms. The monoisotopic (exact) mass is 393 g/mol. The molecule has 1 N–H and O–H groups in total. The summed E-state index contributed by atoms with van der Waals surface area (Å²) in [6.45, 7) is 0.339. The van der Waals surface area contributed by atoms with E-state index in [9.17, 15) is 4.79 Å². The van der Waals surface area contributed by atoms with E-state index in [2.05, 4.69) is 20.6 Å². The van der Waals surface area contributed by atoms with Gasteiger partial charge in [0.05, 0.1) is 12.2 Å². The maximum Gasteiger partial charge on any atom is 0.265 e. The van der Waals surface area contributed by atoms with Crippen LogP contribution in [0.5, 0.6) is 11.5 Å². The minimum atomic E-state index is -0.719. The lowest BCUT2D eigenvalue weighted by Gasteiger charge is -2.25. The largest absolute Gasteiger partial charge is 0.485 e. The van der Waals surface area contributed by atoms with E-state index in [4.69, 9.17) is 9.47 Å². The molecule has 3 aromatic heterocycles. The fraction of sp³-hybridized carbons (Fsp3) is 0.158. The normalized spacial score (nSPS) is 15.5. The number of rotatable bonds is 4. The van der Waals surface area contributed by atoms with Crippen LogP contribution in [0, 0.1) is 0 Å². The summed E-state index contributed by atoms with van der Waals surface area (Å²) in [4.78, 5) is 12.5. The van der Waals surface area contributed by atoms with Crippen LogP contribution < -0.4 is 14.8 Å². The highest BCUT2D eigenvalue weighted by atomic mass is 32.1. The van der Waals surface area contributed by atoms with Gasteiger partial charge in [-0.05, 0) is 35.7 Å². The number of benzene rings is 1. The third kappa shape index (κ3) is 3.05. The molecule has 0 saturated heterocycles. The molecule has 0 fully saturated rings. The molecule has 9 heteroatoms. The zero-order chi connectivity index (χ0) is 18.9. The van der Waals surface area contributed by atoms with Gasteiger partial charge < -0.3 is 14.8 Å². The van der Waals surface area contributed by atoms with Gasteiger partial charge in [-0.3, -0.25) is 4.79 Å². The number of ether oxygens (including phenoxy) is 2. The van der Waals surface area contributed by atoms with Crippen LogP contribution in [0.3, 0.4) is 0 Å². The van der Waals surface area contributed by atoms with Gasteiger partial charge in [0.15, 0.2) is 23.0 Å². The molecule has 1 amide bonds.